The van der Waals surface area contributed by atoms with Crippen LogP contribution in [0.4, 0.5) is 9.59 Å². The van der Waals surface area contributed by atoms with Gasteiger partial charge in [0.05, 0.1) is 26.3 Å². The zero-order valence-corrected chi connectivity index (χ0v) is 27.5. The SMILES string of the molecule is COc1ccc(C(=O)c2ccc(OC)cc2[C@@H]2CCCCN2C(=O)OC(C)(C)C)c([C@@H]2CCCCN2C(=O)OC(C)(C)C)c1. The Bertz CT molecular complexity index is 1260. The van der Waals surface area contributed by atoms with E-state index < -0.39 is 23.4 Å². The predicted molar refractivity (Wildman–Crippen MR) is 168 cm³/mol. The molecule has 0 aromatic heterocycles. The second-order valence-electron chi connectivity index (χ2n) is 13.6. The number of hydrogen-bond acceptors (Lipinski definition) is 7. The van der Waals surface area contributed by atoms with Gasteiger partial charge in [-0.1, -0.05) is 0 Å². The van der Waals surface area contributed by atoms with Crippen LogP contribution in [0, 0.1) is 0 Å². The third kappa shape index (κ3) is 7.85. The van der Waals surface area contributed by atoms with Crippen molar-refractivity contribution in [2.75, 3.05) is 27.3 Å². The summed E-state index contributed by atoms with van der Waals surface area (Å²) in [6, 6.07) is 10.1. The van der Waals surface area contributed by atoms with Gasteiger partial charge in [0.1, 0.15) is 22.7 Å². The summed E-state index contributed by atoms with van der Waals surface area (Å²) in [6.45, 7) is 12.2. The smallest absolute Gasteiger partial charge is 0.410 e. The number of rotatable bonds is 6. The van der Waals surface area contributed by atoms with Gasteiger partial charge in [0.2, 0.25) is 0 Å². The summed E-state index contributed by atoms with van der Waals surface area (Å²) in [5, 5.41) is 0. The molecule has 0 bridgehead atoms. The van der Waals surface area contributed by atoms with Gasteiger partial charge in [-0.2, -0.15) is 0 Å². The van der Waals surface area contributed by atoms with Crippen LogP contribution >= 0.6 is 0 Å². The Morgan fingerprint density at radius 3 is 1.36 bits per heavy atom. The molecule has 4 rings (SSSR count). The number of methoxy groups -OCH3 is 2. The average molecular weight is 609 g/mol. The van der Waals surface area contributed by atoms with Crippen molar-refractivity contribution in [1.82, 2.24) is 9.80 Å². The Morgan fingerprint density at radius 2 is 1.02 bits per heavy atom. The molecule has 0 radical (unpaired) electrons. The summed E-state index contributed by atoms with van der Waals surface area (Å²) in [7, 11) is 3.17. The first-order valence-electron chi connectivity index (χ1n) is 15.6. The summed E-state index contributed by atoms with van der Waals surface area (Å²) in [4.78, 5) is 44.8. The summed E-state index contributed by atoms with van der Waals surface area (Å²) in [6.07, 6.45) is 4.12. The molecule has 9 heteroatoms. The Labute approximate surface area is 261 Å². The molecule has 2 aromatic carbocycles. The number of ether oxygens (including phenoxy) is 4. The average Bonchev–Trinajstić information content (AvgIpc) is 2.98. The van der Waals surface area contributed by atoms with Crippen molar-refractivity contribution >= 4 is 18.0 Å². The van der Waals surface area contributed by atoms with Crippen LogP contribution in [0.15, 0.2) is 36.4 Å². The predicted octanol–water partition coefficient (Wildman–Crippen LogP) is 7.86. The lowest BCUT2D eigenvalue weighted by molar-refractivity contribution is 0.00854. The highest BCUT2D eigenvalue weighted by Crippen LogP contribution is 2.40. The molecule has 0 saturated carbocycles. The minimum Gasteiger partial charge on any atom is -0.497 e. The van der Waals surface area contributed by atoms with Crippen LogP contribution in [0.25, 0.3) is 0 Å². The minimum absolute atomic E-state index is 0.190. The Hall–Kier alpha value is -3.75. The van der Waals surface area contributed by atoms with Crippen LogP contribution in [-0.2, 0) is 9.47 Å². The molecule has 2 amide bonds. The first-order chi connectivity index (χ1) is 20.7. The van der Waals surface area contributed by atoms with Crippen molar-refractivity contribution in [2.24, 2.45) is 0 Å². The van der Waals surface area contributed by atoms with Crippen molar-refractivity contribution in [3.8, 4) is 11.5 Å². The van der Waals surface area contributed by atoms with E-state index in [1.807, 2.05) is 53.7 Å². The van der Waals surface area contributed by atoms with E-state index in [0.29, 0.717) is 59.7 Å². The monoisotopic (exact) mass is 608 g/mol. The van der Waals surface area contributed by atoms with Crippen LogP contribution in [0.5, 0.6) is 11.5 Å². The molecule has 2 heterocycles. The molecule has 9 nitrogen and oxygen atoms in total. The van der Waals surface area contributed by atoms with E-state index in [2.05, 4.69) is 0 Å². The molecule has 0 spiro atoms. The molecule has 2 aromatic rings. The molecule has 0 aliphatic carbocycles. The molecule has 240 valence electrons. The zero-order valence-electron chi connectivity index (χ0n) is 27.5. The van der Waals surface area contributed by atoms with Gasteiger partial charge in [-0.05, 0) is 128 Å². The van der Waals surface area contributed by atoms with E-state index in [1.54, 1.807) is 48.3 Å². The third-order valence-corrected chi connectivity index (χ3v) is 7.99. The van der Waals surface area contributed by atoms with Gasteiger partial charge in [0.25, 0.3) is 0 Å². The number of hydrogen-bond donors (Lipinski definition) is 0. The number of piperidine rings is 2. The summed E-state index contributed by atoms with van der Waals surface area (Å²) >= 11 is 0. The quantitative estimate of drug-likeness (QED) is 0.308. The third-order valence-electron chi connectivity index (χ3n) is 7.99. The second-order valence-corrected chi connectivity index (χ2v) is 13.6. The van der Waals surface area contributed by atoms with Crippen molar-refractivity contribution in [2.45, 2.75) is 103 Å². The normalized spacial score (nSPS) is 19.3. The summed E-state index contributed by atoms with van der Waals surface area (Å²) < 4.78 is 22.7. The largest absolute Gasteiger partial charge is 0.497 e. The molecule has 44 heavy (non-hydrogen) atoms. The Kier molecular flexibility index (Phi) is 10.2. The molecule has 2 atom stereocenters. The summed E-state index contributed by atoms with van der Waals surface area (Å²) in [5.74, 6) is 1.01. The van der Waals surface area contributed by atoms with Gasteiger partial charge < -0.3 is 28.7 Å². The van der Waals surface area contributed by atoms with Crippen molar-refractivity contribution < 1.29 is 33.3 Å². The molecule has 2 aliphatic rings. The maximum atomic E-state index is 14.6. The van der Waals surface area contributed by atoms with Gasteiger partial charge >= 0.3 is 12.2 Å². The highest BCUT2D eigenvalue weighted by atomic mass is 16.6. The van der Waals surface area contributed by atoms with Gasteiger partial charge in [0.15, 0.2) is 5.78 Å². The maximum Gasteiger partial charge on any atom is 0.410 e. The molecular weight excluding hydrogens is 560 g/mol. The van der Waals surface area contributed by atoms with Crippen LogP contribution in [-0.4, -0.2) is 66.3 Å². The van der Waals surface area contributed by atoms with Gasteiger partial charge in [-0.25, -0.2) is 9.59 Å². The second kappa shape index (κ2) is 13.5. The number of amides is 2. The van der Waals surface area contributed by atoms with E-state index >= 15 is 0 Å². The summed E-state index contributed by atoms with van der Waals surface area (Å²) in [5.41, 5.74) is 1.10. The van der Waals surface area contributed by atoms with E-state index in [1.165, 1.54) is 0 Å². The van der Waals surface area contributed by atoms with Crippen molar-refractivity contribution in [3.05, 3.63) is 58.7 Å². The first kappa shape index (κ1) is 33.1. The van der Waals surface area contributed by atoms with Gasteiger partial charge in [0, 0.05) is 24.2 Å². The lowest BCUT2D eigenvalue weighted by Crippen LogP contribution is -2.42. The number of nitrogens with zero attached hydrogens (tertiary/aromatic N) is 2. The molecule has 2 fully saturated rings. The fraction of sp³-hybridized carbons (Fsp3) is 0.571. The number of ketones is 1. The lowest BCUT2D eigenvalue weighted by Gasteiger charge is -2.38. The van der Waals surface area contributed by atoms with E-state index in [-0.39, 0.29) is 17.9 Å². The topological polar surface area (TPSA) is 94.6 Å². The van der Waals surface area contributed by atoms with E-state index in [4.69, 9.17) is 18.9 Å². The van der Waals surface area contributed by atoms with E-state index in [9.17, 15) is 14.4 Å². The lowest BCUT2D eigenvalue weighted by atomic mass is 9.85. The highest BCUT2D eigenvalue weighted by Gasteiger charge is 2.37. The van der Waals surface area contributed by atoms with Crippen LogP contribution < -0.4 is 9.47 Å². The van der Waals surface area contributed by atoms with Crippen molar-refractivity contribution in [1.29, 1.82) is 0 Å². The Balaban J connectivity index is 1.80. The molecule has 0 unspecified atom stereocenters. The fourth-order valence-electron chi connectivity index (χ4n) is 6.03. The van der Waals surface area contributed by atoms with Gasteiger partial charge in [-0.15, -0.1) is 0 Å². The van der Waals surface area contributed by atoms with Crippen LogP contribution in [0.2, 0.25) is 0 Å². The minimum atomic E-state index is -0.649. The standard InChI is InChI=1S/C35H48N2O7/c1-34(2,3)43-32(39)36-19-11-9-13-29(36)27-21-23(41-7)15-17-25(27)31(38)26-18-16-24(42-8)22-28(26)30-14-10-12-20-37(30)33(40)44-35(4,5)6/h15-18,21-22,29-30H,9-14,19-20H2,1-8H3/t29-,30-/m0/s1. The molecular formula is C35H48N2O7. The maximum absolute atomic E-state index is 14.6. The van der Waals surface area contributed by atoms with Gasteiger partial charge in [-0.3, -0.25) is 4.79 Å². The number of likely N-dealkylation sites (tertiary alicyclic amines) is 2. The Morgan fingerprint density at radius 1 is 0.636 bits per heavy atom. The molecule has 0 N–H and O–H groups in total. The highest BCUT2D eigenvalue weighted by molar-refractivity contribution is 6.11. The number of benzene rings is 2. The van der Waals surface area contributed by atoms with Crippen LogP contribution in [0.3, 0.4) is 0 Å². The van der Waals surface area contributed by atoms with Crippen molar-refractivity contribution in [3.63, 3.8) is 0 Å². The zero-order chi connectivity index (χ0) is 32.2. The first-order valence-corrected chi connectivity index (χ1v) is 15.6. The fourth-order valence-corrected chi connectivity index (χ4v) is 6.03. The molecule has 2 aliphatic heterocycles. The number of carbonyl (C=O) groups is 3. The number of carbonyl (C=O) groups excluding carboxylic acids is 3. The molecule has 2 saturated heterocycles. The van der Waals surface area contributed by atoms with E-state index in [0.717, 1.165) is 25.7 Å². The van der Waals surface area contributed by atoms with Crippen LogP contribution in [0.1, 0.15) is 119 Å².